The number of amides is 1. The number of hydrogen-bond donors (Lipinski definition) is 1. The number of hydrogen-bond acceptors (Lipinski definition) is 6. The van der Waals surface area contributed by atoms with Crippen LogP contribution in [-0.2, 0) is 22.2 Å². The van der Waals surface area contributed by atoms with Gasteiger partial charge in [0.25, 0.3) is 5.91 Å². The van der Waals surface area contributed by atoms with Gasteiger partial charge in [-0.3, -0.25) is 4.79 Å². The van der Waals surface area contributed by atoms with Gasteiger partial charge in [-0.1, -0.05) is 12.1 Å². The molecule has 0 saturated carbocycles. The molecule has 4 rings (SSSR count). The first-order chi connectivity index (χ1) is 18.1. The summed E-state index contributed by atoms with van der Waals surface area (Å²) in [5.74, 6) is -1.55. The zero-order chi connectivity index (χ0) is 28.8. The maximum atomic E-state index is 13.9. The topological polar surface area (TPSA) is 103 Å². The van der Waals surface area contributed by atoms with Crippen LogP contribution < -0.4 is 10.1 Å². The number of sulfone groups is 1. The zero-order valence-electron chi connectivity index (χ0n) is 20.1. The number of nitrogens with one attached hydrogen (secondary N) is 1. The zero-order valence-corrected chi connectivity index (χ0v) is 20.9. The van der Waals surface area contributed by atoms with E-state index in [1.165, 1.54) is 25.1 Å². The maximum Gasteiger partial charge on any atom is 0.433 e. The van der Waals surface area contributed by atoms with Crippen molar-refractivity contribution >= 4 is 27.1 Å². The van der Waals surface area contributed by atoms with Crippen LogP contribution in [0.25, 0.3) is 16.9 Å². The Labute approximate surface area is 217 Å². The highest BCUT2D eigenvalue weighted by Crippen LogP contribution is 2.39. The standard InChI is InChI=1S/C24H18F6N4O4S/c1-3-38-19-9-13(7-8-17(19)23(25,26)27)18-11-20(24(28,29)30)34-21(33-18)16(12-31-34)22(35)32-14-5-4-6-15(10-14)39(2,36)37/h4-12H,3H2,1-2H3,(H,32,35). The van der Waals surface area contributed by atoms with Crippen molar-refractivity contribution in [2.24, 2.45) is 0 Å². The predicted octanol–water partition coefficient (Wildman–Crippen LogP) is 5.49. The Bertz CT molecular complexity index is 1680. The van der Waals surface area contributed by atoms with Gasteiger partial charge in [-0.05, 0) is 43.3 Å². The molecule has 0 aliphatic rings. The predicted molar refractivity (Wildman–Crippen MR) is 127 cm³/mol. The number of anilines is 1. The summed E-state index contributed by atoms with van der Waals surface area (Å²) in [6.45, 7) is 1.31. The molecule has 1 N–H and O–H groups in total. The van der Waals surface area contributed by atoms with Crippen molar-refractivity contribution < 1.29 is 44.3 Å². The van der Waals surface area contributed by atoms with Crippen molar-refractivity contribution in [3.63, 3.8) is 0 Å². The summed E-state index contributed by atoms with van der Waals surface area (Å²) in [5.41, 5.74) is -3.87. The fourth-order valence-electron chi connectivity index (χ4n) is 3.67. The molecule has 4 aromatic rings. The van der Waals surface area contributed by atoms with Crippen molar-refractivity contribution in [2.45, 2.75) is 24.2 Å². The lowest BCUT2D eigenvalue weighted by Crippen LogP contribution is -2.16. The molecule has 0 radical (unpaired) electrons. The summed E-state index contributed by atoms with van der Waals surface area (Å²) in [6.07, 6.45) is -7.95. The van der Waals surface area contributed by atoms with E-state index in [4.69, 9.17) is 4.74 Å². The first-order valence-electron chi connectivity index (χ1n) is 11.0. The Hall–Kier alpha value is -4.14. The quantitative estimate of drug-likeness (QED) is 0.307. The summed E-state index contributed by atoms with van der Waals surface area (Å²) >= 11 is 0. The lowest BCUT2D eigenvalue weighted by Gasteiger charge is -2.15. The summed E-state index contributed by atoms with van der Waals surface area (Å²) < 4.78 is 111. The Kier molecular flexibility index (Phi) is 7.06. The van der Waals surface area contributed by atoms with E-state index in [2.05, 4.69) is 15.4 Å². The SMILES string of the molecule is CCOc1cc(-c2cc(C(F)(F)F)n3ncc(C(=O)Nc4cccc(S(C)(=O)=O)c4)c3n2)ccc1C(F)(F)F. The number of alkyl halides is 6. The molecule has 0 fully saturated rings. The van der Waals surface area contributed by atoms with E-state index < -0.39 is 62.0 Å². The van der Waals surface area contributed by atoms with Gasteiger partial charge in [0.15, 0.2) is 21.2 Å². The lowest BCUT2D eigenvalue weighted by atomic mass is 10.1. The number of fused-ring (bicyclic) bond motifs is 1. The van der Waals surface area contributed by atoms with E-state index in [9.17, 15) is 39.6 Å². The number of aromatic nitrogens is 3. The number of benzene rings is 2. The second kappa shape index (κ2) is 9.87. The third-order valence-corrected chi connectivity index (χ3v) is 6.52. The molecule has 8 nitrogen and oxygen atoms in total. The number of carbonyl (C=O) groups is 1. The first-order valence-corrected chi connectivity index (χ1v) is 12.9. The highest BCUT2D eigenvalue weighted by Gasteiger charge is 2.37. The molecule has 0 aliphatic heterocycles. The highest BCUT2D eigenvalue weighted by atomic mass is 32.2. The van der Waals surface area contributed by atoms with Crippen LogP contribution in [0.2, 0.25) is 0 Å². The molecule has 0 spiro atoms. The van der Waals surface area contributed by atoms with Crippen LogP contribution in [0, 0.1) is 0 Å². The number of halogens is 6. The second-order valence-corrected chi connectivity index (χ2v) is 10.2. The van der Waals surface area contributed by atoms with Gasteiger partial charge < -0.3 is 10.1 Å². The molecule has 0 atom stereocenters. The van der Waals surface area contributed by atoms with Crippen molar-refractivity contribution in [1.82, 2.24) is 14.6 Å². The van der Waals surface area contributed by atoms with Crippen molar-refractivity contribution in [3.05, 3.63) is 71.5 Å². The molecule has 2 aromatic carbocycles. The van der Waals surface area contributed by atoms with Gasteiger partial charge >= 0.3 is 12.4 Å². The van der Waals surface area contributed by atoms with Crippen LogP contribution in [0.5, 0.6) is 5.75 Å². The molecule has 15 heteroatoms. The van der Waals surface area contributed by atoms with E-state index in [0.29, 0.717) is 16.6 Å². The van der Waals surface area contributed by atoms with E-state index in [1.54, 1.807) is 0 Å². The van der Waals surface area contributed by atoms with E-state index in [-0.39, 0.29) is 22.8 Å². The van der Waals surface area contributed by atoms with Gasteiger partial charge in [-0.2, -0.15) is 31.4 Å². The fraction of sp³-hybridized carbons (Fsp3) is 0.208. The van der Waals surface area contributed by atoms with Crippen molar-refractivity contribution in [1.29, 1.82) is 0 Å². The molecule has 1 amide bonds. The van der Waals surface area contributed by atoms with Gasteiger partial charge in [-0.15, -0.1) is 0 Å². The molecule has 0 aliphatic carbocycles. The molecular weight excluding hydrogens is 554 g/mol. The Morgan fingerprint density at radius 1 is 1.03 bits per heavy atom. The van der Waals surface area contributed by atoms with Crippen LogP contribution in [0.4, 0.5) is 32.0 Å². The minimum Gasteiger partial charge on any atom is -0.493 e. The average molecular weight is 572 g/mol. The van der Waals surface area contributed by atoms with Crippen molar-refractivity contribution in [2.75, 3.05) is 18.2 Å². The van der Waals surface area contributed by atoms with E-state index >= 15 is 0 Å². The molecule has 0 saturated heterocycles. The largest absolute Gasteiger partial charge is 0.493 e. The van der Waals surface area contributed by atoms with E-state index in [1.807, 2.05) is 0 Å². The molecule has 206 valence electrons. The van der Waals surface area contributed by atoms with Gasteiger partial charge in [0.05, 0.1) is 29.0 Å². The van der Waals surface area contributed by atoms with Gasteiger partial charge in [0.2, 0.25) is 0 Å². The second-order valence-electron chi connectivity index (χ2n) is 8.21. The normalized spacial score (nSPS) is 12.5. The summed E-state index contributed by atoms with van der Waals surface area (Å²) in [7, 11) is -3.61. The Balaban J connectivity index is 1.84. The number of nitrogens with zero attached hydrogens (tertiary/aromatic N) is 3. The van der Waals surface area contributed by atoms with Crippen LogP contribution in [-0.4, -0.2) is 41.8 Å². The summed E-state index contributed by atoms with van der Waals surface area (Å²) in [6, 6.07) is 8.31. The van der Waals surface area contributed by atoms with Gasteiger partial charge in [-0.25, -0.2) is 17.9 Å². The summed E-state index contributed by atoms with van der Waals surface area (Å²) in [4.78, 5) is 17.0. The molecule has 2 heterocycles. The number of carbonyl (C=O) groups excluding carboxylic acids is 1. The third kappa shape index (κ3) is 5.82. The lowest BCUT2D eigenvalue weighted by molar-refractivity contribution is -0.142. The van der Waals surface area contributed by atoms with Crippen LogP contribution in [0.15, 0.2) is 59.6 Å². The molecule has 0 unspecified atom stereocenters. The fourth-order valence-corrected chi connectivity index (χ4v) is 4.33. The third-order valence-electron chi connectivity index (χ3n) is 5.41. The minimum atomic E-state index is -4.98. The Morgan fingerprint density at radius 3 is 2.36 bits per heavy atom. The Morgan fingerprint density at radius 2 is 1.74 bits per heavy atom. The molecule has 0 bridgehead atoms. The van der Waals surface area contributed by atoms with Gasteiger partial charge in [0.1, 0.15) is 11.3 Å². The van der Waals surface area contributed by atoms with Crippen molar-refractivity contribution in [3.8, 4) is 17.0 Å². The minimum absolute atomic E-state index is 0.0403. The maximum absolute atomic E-state index is 13.9. The molecule has 39 heavy (non-hydrogen) atoms. The highest BCUT2D eigenvalue weighted by molar-refractivity contribution is 7.90. The summed E-state index contributed by atoms with van der Waals surface area (Å²) in [5, 5.41) is 6.03. The van der Waals surface area contributed by atoms with Crippen LogP contribution >= 0.6 is 0 Å². The van der Waals surface area contributed by atoms with Gasteiger partial charge in [0, 0.05) is 17.5 Å². The van der Waals surface area contributed by atoms with Crippen LogP contribution in [0.3, 0.4) is 0 Å². The molecule has 2 aromatic heterocycles. The monoisotopic (exact) mass is 572 g/mol. The number of rotatable bonds is 6. The van der Waals surface area contributed by atoms with E-state index in [0.717, 1.165) is 30.7 Å². The first kappa shape index (κ1) is 27.9. The average Bonchev–Trinajstić information content (AvgIpc) is 3.26. The molecular formula is C24H18F6N4O4S. The van der Waals surface area contributed by atoms with Crippen LogP contribution in [0.1, 0.15) is 28.5 Å². The smallest absolute Gasteiger partial charge is 0.433 e. The number of ether oxygens (including phenoxy) is 1.